The molecule has 0 atom stereocenters. The van der Waals surface area contributed by atoms with Crippen molar-refractivity contribution in [1.29, 1.82) is 0 Å². The van der Waals surface area contributed by atoms with Gasteiger partial charge in [-0.15, -0.1) is 0 Å². The van der Waals surface area contributed by atoms with Gasteiger partial charge in [0.15, 0.2) is 6.61 Å². The van der Waals surface area contributed by atoms with E-state index in [1.54, 1.807) is 38.1 Å². The lowest BCUT2D eigenvalue weighted by molar-refractivity contribution is -0.153. The van der Waals surface area contributed by atoms with Crippen LogP contribution in [0.5, 0.6) is 5.75 Å². The van der Waals surface area contributed by atoms with Crippen LogP contribution in [0.1, 0.15) is 40.5 Å². The Labute approximate surface area is 160 Å². The highest BCUT2D eigenvalue weighted by atomic mass is 19.4. The van der Waals surface area contributed by atoms with Gasteiger partial charge in [-0.05, 0) is 36.2 Å². The van der Waals surface area contributed by atoms with Gasteiger partial charge >= 0.3 is 6.18 Å². The van der Waals surface area contributed by atoms with Crippen molar-refractivity contribution in [3.05, 3.63) is 58.9 Å². The Kier molecular flexibility index (Phi) is 7.14. The van der Waals surface area contributed by atoms with Crippen LogP contribution in [0.15, 0.2) is 36.5 Å². The van der Waals surface area contributed by atoms with Gasteiger partial charge in [-0.3, -0.25) is 14.6 Å². The molecule has 28 heavy (non-hydrogen) atoms. The Hall–Kier alpha value is -2.90. The summed E-state index contributed by atoms with van der Waals surface area (Å²) in [6.45, 7) is 2.25. The van der Waals surface area contributed by atoms with Gasteiger partial charge in [0.25, 0.3) is 5.91 Å². The molecule has 5 nitrogen and oxygen atoms in total. The summed E-state index contributed by atoms with van der Waals surface area (Å²) in [5, 5.41) is 2.74. The van der Waals surface area contributed by atoms with E-state index in [0.29, 0.717) is 23.2 Å². The Bertz CT molecular complexity index is 851. The third kappa shape index (κ3) is 6.68. The molecule has 1 heterocycles. The van der Waals surface area contributed by atoms with Gasteiger partial charge in [-0.1, -0.05) is 19.1 Å². The molecule has 1 aromatic heterocycles. The van der Waals surface area contributed by atoms with Crippen molar-refractivity contribution in [2.75, 3.05) is 6.61 Å². The zero-order valence-electron chi connectivity index (χ0n) is 15.6. The number of nitrogens with zero attached hydrogens (tertiary/aromatic N) is 1. The fourth-order valence-corrected chi connectivity index (χ4v) is 2.47. The van der Waals surface area contributed by atoms with Crippen LogP contribution in [0.2, 0.25) is 0 Å². The van der Waals surface area contributed by atoms with Gasteiger partial charge in [-0.2, -0.15) is 13.2 Å². The van der Waals surface area contributed by atoms with Crippen LogP contribution in [-0.2, 0) is 17.8 Å². The number of benzene rings is 1. The predicted octanol–water partition coefficient (Wildman–Crippen LogP) is 3.78. The lowest BCUT2D eigenvalue weighted by Gasteiger charge is -2.13. The monoisotopic (exact) mass is 394 g/mol. The molecule has 0 aliphatic heterocycles. The molecule has 0 spiro atoms. The molecule has 0 saturated heterocycles. The summed E-state index contributed by atoms with van der Waals surface area (Å²) in [7, 11) is 0. The highest BCUT2D eigenvalue weighted by Gasteiger charge is 2.28. The number of Topliss-reactive ketones (excluding diaryl/α,β-unsaturated/α-hetero) is 1. The summed E-state index contributed by atoms with van der Waals surface area (Å²) in [6.07, 6.45) is -2.34. The van der Waals surface area contributed by atoms with Crippen molar-refractivity contribution in [2.24, 2.45) is 0 Å². The van der Waals surface area contributed by atoms with E-state index in [9.17, 15) is 22.8 Å². The minimum absolute atomic E-state index is 0.0355. The number of alkyl halides is 3. The van der Waals surface area contributed by atoms with Gasteiger partial charge < -0.3 is 10.1 Å². The number of hydrogen-bond acceptors (Lipinski definition) is 4. The van der Waals surface area contributed by atoms with E-state index in [0.717, 1.165) is 5.56 Å². The molecule has 0 fully saturated rings. The SMILES string of the molecule is CCC(=O)Cc1cc(C(=O)NCc2ccc(OCC(F)(F)F)c(C)c2)ccn1. The van der Waals surface area contributed by atoms with Crippen molar-refractivity contribution in [1.82, 2.24) is 10.3 Å². The van der Waals surface area contributed by atoms with Crippen LogP contribution >= 0.6 is 0 Å². The second-order valence-electron chi connectivity index (χ2n) is 6.29. The molecule has 2 aromatic rings. The molecule has 1 N–H and O–H groups in total. The first-order valence-electron chi connectivity index (χ1n) is 8.72. The number of ketones is 1. The highest BCUT2D eigenvalue weighted by Crippen LogP contribution is 2.22. The Balaban J connectivity index is 1.96. The number of hydrogen-bond donors (Lipinski definition) is 1. The maximum absolute atomic E-state index is 12.3. The molecule has 0 aliphatic carbocycles. The Morgan fingerprint density at radius 1 is 1.18 bits per heavy atom. The van der Waals surface area contributed by atoms with Crippen molar-refractivity contribution in [3.63, 3.8) is 0 Å². The fourth-order valence-electron chi connectivity index (χ4n) is 2.47. The first-order valence-corrected chi connectivity index (χ1v) is 8.72. The number of ether oxygens (including phenoxy) is 1. The molecule has 1 amide bonds. The zero-order chi connectivity index (χ0) is 20.7. The first-order chi connectivity index (χ1) is 13.2. The number of halogens is 3. The summed E-state index contributed by atoms with van der Waals surface area (Å²) in [5.74, 6) is -0.150. The van der Waals surface area contributed by atoms with Gasteiger partial charge in [-0.25, -0.2) is 0 Å². The predicted molar refractivity (Wildman–Crippen MR) is 97.1 cm³/mol. The number of carbonyl (C=O) groups is 2. The van der Waals surface area contributed by atoms with Gasteiger partial charge in [0, 0.05) is 36.8 Å². The minimum atomic E-state index is -4.40. The zero-order valence-corrected chi connectivity index (χ0v) is 15.6. The molecule has 0 aliphatic rings. The molecule has 150 valence electrons. The van der Waals surface area contributed by atoms with Crippen molar-refractivity contribution in [2.45, 2.75) is 39.4 Å². The van der Waals surface area contributed by atoms with Crippen molar-refractivity contribution >= 4 is 11.7 Å². The molecular formula is C20H21F3N2O3. The van der Waals surface area contributed by atoms with Gasteiger partial charge in [0.1, 0.15) is 11.5 Å². The topological polar surface area (TPSA) is 68.3 Å². The standard InChI is InChI=1S/C20H21F3N2O3/c1-3-17(26)10-16-9-15(6-7-24-16)19(27)25-11-14-4-5-18(13(2)8-14)28-12-20(21,22)23/h4-9H,3,10-12H2,1-2H3,(H,25,27). The smallest absolute Gasteiger partial charge is 0.422 e. The maximum atomic E-state index is 12.3. The third-order valence-electron chi connectivity index (χ3n) is 3.94. The van der Waals surface area contributed by atoms with Gasteiger partial charge in [0.2, 0.25) is 0 Å². The average Bonchev–Trinajstić information content (AvgIpc) is 2.64. The molecule has 2 rings (SSSR count). The minimum Gasteiger partial charge on any atom is -0.484 e. The molecule has 1 aromatic carbocycles. The number of pyridine rings is 1. The van der Waals surface area contributed by atoms with Crippen molar-refractivity contribution < 1.29 is 27.5 Å². The van der Waals surface area contributed by atoms with Crippen LogP contribution in [0.25, 0.3) is 0 Å². The number of aromatic nitrogens is 1. The molecule has 0 radical (unpaired) electrons. The molecule has 0 unspecified atom stereocenters. The Morgan fingerprint density at radius 2 is 1.93 bits per heavy atom. The summed E-state index contributed by atoms with van der Waals surface area (Å²) in [4.78, 5) is 27.9. The number of amides is 1. The second kappa shape index (κ2) is 9.34. The molecule has 0 saturated carbocycles. The number of aryl methyl sites for hydroxylation is 1. The summed E-state index contributed by atoms with van der Waals surface area (Å²) >= 11 is 0. The fraction of sp³-hybridized carbons (Fsp3) is 0.350. The lowest BCUT2D eigenvalue weighted by Crippen LogP contribution is -2.23. The first kappa shape index (κ1) is 21.4. The molecule has 0 bridgehead atoms. The third-order valence-corrected chi connectivity index (χ3v) is 3.94. The van der Waals surface area contributed by atoms with Crippen LogP contribution in [-0.4, -0.2) is 29.5 Å². The van der Waals surface area contributed by atoms with Gasteiger partial charge in [0.05, 0.1) is 0 Å². The van der Waals surface area contributed by atoms with E-state index in [1.165, 1.54) is 12.3 Å². The summed E-state index contributed by atoms with van der Waals surface area (Å²) in [6, 6.07) is 7.82. The van der Waals surface area contributed by atoms with Crippen LogP contribution < -0.4 is 10.1 Å². The van der Waals surface area contributed by atoms with Crippen LogP contribution in [0, 0.1) is 6.92 Å². The number of nitrogens with one attached hydrogen (secondary N) is 1. The van der Waals surface area contributed by atoms with E-state index >= 15 is 0 Å². The molecule has 8 heteroatoms. The largest absolute Gasteiger partial charge is 0.484 e. The van der Waals surface area contributed by atoms with Crippen LogP contribution in [0.3, 0.4) is 0 Å². The van der Waals surface area contributed by atoms with Crippen molar-refractivity contribution in [3.8, 4) is 5.75 Å². The van der Waals surface area contributed by atoms with E-state index in [1.807, 2.05) is 0 Å². The van der Waals surface area contributed by atoms with E-state index in [4.69, 9.17) is 4.74 Å². The normalized spacial score (nSPS) is 11.2. The second-order valence-corrected chi connectivity index (χ2v) is 6.29. The summed E-state index contributed by atoms with van der Waals surface area (Å²) in [5.41, 5.74) is 2.18. The van der Waals surface area contributed by atoms with E-state index in [2.05, 4.69) is 10.3 Å². The highest BCUT2D eigenvalue weighted by molar-refractivity contribution is 5.94. The summed E-state index contributed by atoms with van der Waals surface area (Å²) < 4.78 is 41.5. The lowest BCUT2D eigenvalue weighted by atomic mass is 10.1. The van der Waals surface area contributed by atoms with E-state index < -0.39 is 12.8 Å². The number of rotatable bonds is 8. The quantitative estimate of drug-likeness (QED) is 0.740. The Morgan fingerprint density at radius 3 is 2.57 bits per heavy atom. The molecular weight excluding hydrogens is 373 g/mol. The maximum Gasteiger partial charge on any atom is 0.422 e. The van der Waals surface area contributed by atoms with Crippen LogP contribution in [0.4, 0.5) is 13.2 Å². The number of carbonyl (C=O) groups excluding carboxylic acids is 2. The average molecular weight is 394 g/mol. The van der Waals surface area contributed by atoms with E-state index in [-0.39, 0.29) is 30.4 Å².